The summed E-state index contributed by atoms with van der Waals surface area (Å²) in [6.45, 7) is 4.27. The van der Waals surface area contributed by atoms with Crippen molar-refractivity contribution in [1.29, 1.82) is 0 Å². The van der Waals surface area contributed by atoms with E-state index in [1.165, 1.54) is 17.5 Å². The predicted molar refractivity (Wildman–Crippen MR) is 84.9 cm³/mol. The second kappa shape index (κ2) is 5.80. The summed E-state index contributed by atoms with van der Waals surface area (Å²) < 4.78 is 7.35. The van der Waals surface area contributed by atoms with E-state index in [2.05, 4.69) is 48.7 Å². The molecular formula is C17H23N3O. The molecule has 1 atom stereocenters. The quantitative estimate of drug-likeness (QED) is 0.924. The molecule has 1 N–H and O–H groups in total. The Hall–Kier alpha value is -1.97. The molecule has 0 spiro atoms. The second-order valence-corrected chi connectivity index (χ2v) is 5.96. The van der Waals surface area contributed by atoms with Crippen LogP contribution in [0.4, 0.5) is 5.69 Å². The van der Waals surface area contributed by atoms with E-state index in [1.807, 2.05) is 10.9 Å². The van der Waals surface area contributed by atoms with E-state index in [4.69, 9.17) is 4.74 Å². The minimum Gasteiger partial charge on any atom is -0.497 e. The van der Waals surface area contributed by atoms with E-state index in [1.54, 1.807) is 7.11 Å². The maximum absolute atomic E-state index is 5.37. The van der Waals surface area contributed by atoms with Gasteiger partial charge in [-0.3, -0.25) is 4.68 Å². The molecule has 1 aliphatic rings. The van der Waals surface area contributed by atoms with Gasteiger partial charge in [-0.25, -0.2) is 0 Å². The molecule has 4 nitrogen and oxygen atoms in total. The third kappa shape index (κ3) is 2.89. The molecule has 3 rings (SSSR count). The van der Waals surface area contributed by atoms with Crippen LogP contribution >= 0.6 is 0 Å². The summed E-state index contributed by atoms with van der Waals surface area (Å²) in [7, 11) is 1.72. The topological polar surface area (TPSA) is 39.1 Å². The van der Waals surface area contributed by atoms with Gasteiger partial charge in [-0.05, 0) is 56.4 Å². The molecule has 2 aromatic rings. The van der Waals surface area contributed by atoms with E-state index < -0.39 is 0 Å². The van der Waals surface area contributed by atoms with Crippen LogP contribution in [-0.2, 0) is 6.42 Å². The van der Waals surface area contributed by atoms with Gasteiger partial charge < -0.3 is 10.1 Å². The highest BCUT2D eigenvalue weighted by Crippen LogP contribution is 2.34. The van der Waals surface area contributed by atoms with Gasteiger partial charge in [0.25, 0.3) is 0 Å². The first kappa shape index (κ1) is 14.0. The van der Waals surface area contributed by atoms with E-state index in [9.17, 15) is 0 Å². The fourth-order valence-corrected chi connectivity index (χ4v) is 2.95. The van der Waals surface area contributed by atoms with Crippen molar-refractivity contribution in [2.75, 3.05) is 12.4 Å². The Balaban J connectivity index is 1.83. The Morgan fingerprint density at radius 3 is 2.95 bits per heavy atom. The molecule has 0 amide bonds. The Kier molecular flexibility index (Phi) is 3.86. The first-order valence-electron chi connectivity index (χ1n) is 7.65. The molecule has 1 unspecified atom stereocenters. The Labute approximate surface area is 126 Å². The van der Waals surface area contributed by atoms with Crippen molar-refractivity contribution in [2.24, 2.45) is 0 Å². The van der Waals surface area contributed by atoms with E-state index in [-0.39, 0.29) is 0 Å². The van der Waals surface area contributed by atoms with Crippen molar-refractivity contribution < 1.29 is 4.74 Å². The van der Waals surface area contributed by atoms with Gasteiger partial charge in [0.15, 0.2) is 0 Å². The number of nitrogens with zero attached hydrogens (tertiary/aromatic N) is 2. The molecule has 4 heteroatoms. The lowest BCUT2D eigenvalue weighted by molar-refractivity contribution is 0.413. The van der Waals surface area contributed by atoms with Crippen molar-refractivity contribution in [3.63, 3.8) is 0 Å². The number of rotatable bonds is 4. The molecule has 0 fully saturated rings. The van der Waals surface area contributed by atoms with Gasteiger partial charge in [-0.15, -0.1) is 0 Å². The summed E-state index contributed by atoms with van der Waals surface area (Å²) in [4.78, 5) is 0. The maximum Gasteiger partial charge on any atom is 0.119 e. The predicted octanol–water partition coefficient (Wildman–Crippen LogP) is 3.96. The Morgan fingerprint density at radius 2 is 2.24 bits per heavy atom. The zero-order valence-electron chi connectivity index (χ0n) is 13.0. The second-order valence-electron chi connectivity index (χ2n) is 5.96. The third-order valence-corrected chi connectivity index (χ3v) is 4.14. The van der Waals surface area contributed by atoms with Gasteiger partial charge in [-0.2, -0.15) is 5.10 Å². The molecule has 21 heavy (non-hydrogen) atoms. The van der Waals surface area contributed by atoms with Crippen LogP contribution in [0.2, 0.25) is 0 Å². The number of methoxy groups -OCH3 is 1. The summed E-state index contributed by atoms with van der Waals surface area (Å²) in [5, 5.41) is 8.03. The molecule has 0 saturated heterocycles. The van der Waals surface area contributed by atoms with Crippen LogP contribution in [0.15, 0.2) is 30.6 Å². The van der Waals surface area contributed by atoms with Gasteiger partial charge in [0.1, 0.15) is 5.75 Å². The zero-order valence-corrected chi connectivity index (χ0v) is 13.0. The van der Waals surface area contributed by atoms with Crippen LogP contribution in [0, 0.1) is 0 Å². The zero-order chi connectivity index (χ0) is 14.8. The van der Waals surface area contributed by atoms with Crippen LogP contribution in [0.3, 0.4) is 0 Å². The molecule has 1 heterocycles. The number of aryl methyl sites for hydroxylation is 1. The number of hydrogen-bond acceptors (Lipinski definition) is 3. The van der Waals surface area contributed by atoms with Gasteiger partial charge in [-0.1, -0.05) is 6.07 Å². The average Bonchev–Trinajstić information content (AvgIpc) is 2.96. The number of fused-ring (bicyclic) bond motifs is 1. The molecular weight excluding hydrogens is 262 g/mol. The molecule has 1 aromatic heterocycles. The summed E-state index contributed by atoms with van der Waals surface area (Å²) >= 11 is 0. The van der Waals surface area contributed by atoms with Crippen molar-refractivity contribution in [3.8, 4) is 5.75 Å². The number of aromatic nitrogens is 2. The summed E-state index contributed by atoms with van der Waals surface area (Å²) in [5.41, 5.74) is 3.87. The minimum absolute atomic E-state index is 0.341. The number of ether oxygens (including phenoxy) is 1. The smallest absolute Gasteiger partial charge is 0.119 e. The molecule has 0 saturated carbocycles. The summed E-state index contributed by atoms with van der Waals surface area (Å²) in [5.74, 6) is 0.931. The summed E-state index contributed by atoms with van der Waals surface area (Å²) in [6, 6.07) is 7.14. The largest absolute Gasteiger partial charge is 0.497 e. The molecule has 0 radical (unpaired) electrons. The first-order chi connectivity index (χ1) is 10.2. The van der Waals surface area contributed by atoms with Crippen LogP contribution in [-0.4, -0.2) is 16.9 Å². The van der Waals surface area contributed by atoms with E-state index in [0.29, 0.717) is 12.1 Å². The highest BCUT2D eigenvalue weighted by Gasteiger charge is 2.21. The lowest BCUT2D eigenvalue weighted by Gasteiger charge is -2.27. The maximum atomic E-state index is 5.37. The molecule has 1 aliphatic carbocycles. The van der Waals surface area contributed by atoms with Crippen LogP contribution in [0.25, 0.3) is 0 Å². The Morgan fingerprint density at radius 1 is 1.38 bits per heavy atom. The number of hydrogen-bond donors (Lipinski definition) is 1. The van der Waals surface area contributed by atoms with Crippen LogP contribution in [0.1, 0.15) is 49.9 Å². The monoisotopic (exact) mass is 285 g/mol. The number of benzene rings is 1. The van der Waals surface area contributed by atoms with Crippen LogP contribution < -0.4 is 10.1 Å². The van der Waals surface area contributed by atoms with Gasteiger partial charge >= 0.3 is 0 Å². The summed E-state index contributed by atoms with van der Waals surface area (Å²) in [6.07, 6.45) is 7.51. The van der Waals surface area contributed by atoms with Crippen LogP contribution in [0.5, 0.6) is 5.75 Å². The molecule has 112 valence electrons. The fraction of sp³-hybridized carbons (Fsp3) is 0.471. The van der Waals surface area contributed by atoms with Gasteiger partial charge in [0.05, 0.1) is 25.0 Å². The third-order valence-electron chi connectivity index (χ3n) is 4.14. The number of anilines is 1. The standard InChI is InChI=1S/C17H23N3O/c1-12(2)20-11-14(10-18-20)19-17-6-4-5-13-7-8-15(21-3)9-16(13)17/h7-12,17,19H,4-6H2,1-3H3. The average molecular weight is 285 g/mol. The van der Waals surface area contributed by atoms with E-state index >= 15 is 0 Å². The SMILES string of the molecule is COc1ccc2c(c1)C(Nc1cnn(C(C)C)c1)CCC2. The highest BCUT2D eigenvalue weighted by molar-refractivity contribution is 5.46. The number of nitrogens with one attached hydrogen (secondary N) is 1. The normalized spacial score (nSPS) is 17.6. The van der Waals surface area contributed by atoms with Crippen molar-refractivity contribution in [1.82, 2.24) is 9.78 Å². The fourth-order valence-electron chi connectivity index (χ4n) is 2.95. The van der Waals surface area contributed by atoms with Crippen molar-refractivity contribution in [3.05, 3.63) is 41.7 Å². The lowest BCUT2D eigenvalue weighted by atomic mass is 9.87. The van der Waals surface area contributed by atoms with Gasteiger partial charge in [0, 0.05) is 12.2 Å². The minimum atomic E-state index is 0.341. The van der Waals surface area contributed by atoms with Crippen molar-refractivity contribution in [2.45, 2.75) is 45.2 Å². The van der Waals surface area contributed by atoms with Gasteiger partial charge in [0.2, 0.25) is 0 Å². The highest BCUT2D eigenvalue weighted by atomic mass is 16.5. The first-order valence-corrected chi connectivity index (χ1v) is 7.65. The lowest BCUT2D eigenvalue weighted by Crippen LogP contribution is -2.17. The Bertz CT molecular complexity index is 618. The molecule has 0 bridgehead atoms. The van der Waals surface area contributed by atoms with Crippen molar-refractivity contribution >= 4 is 5.69 Å². The van der Waals surface area contributed by atoms with E-state index in [0.717, 1.165) is 24.3 Å². The molecule has 1 aromatic carbocycles. The molecule has 0 aliphatic heterocycles.